The normalized spacial score (nSPS) is 21.2. The second-order valence-electron chi connectivity index (χ2n) is 5.79. The third-order valence-corrected chi connectivity index (χ3v) is 3.93. The Morgan fingerprint density at radius 2 is 2.15 bits per heavy atom. The molecule has 2 saturated heterocycles. The number of rotatable bonds is 4. The van der Waals surface area contributed by atoms with Crippen molar-refractivity contribution < 1.29 is 18.7 Å². The lowest BCUT2D eigenvalue weighted by Crippen LogP contribution is -2.62. The number of halogens is 1. The van der Waals surface area contributed by atoms with E-state index in [0.717, 1.165) is 0 Å². The van der Waals surface area contributed by atoms with Crippen LogP contribution < -0.4 is 0 Å². The number of carbonyl (C=O) groups excluding carboxylic acids is 1. The minimum Gasteiger partial charge on any atom is -0.379 e. The highest BCUT2D eigenvalue weighted by molar-refractivity contribution is 5.84. The SMILES string of the molecule is CC1(C(=O)N2CC(OCc3ccccc3F)C2)COC1. The maximum atomic E-state index is 13.4. The Kier molecular flexibility index (Phi) is 3.48. The lowest BCUT2D eigenvalue weighted by Gasteiger charge is -2.46. The second kappa shape index (κ2) is 5.14. The van der Waals surface area contributed by atoms with E-state index in [1.807, 2.05) is 6.92 Å². The summed E-state index contributed by atoms with van der Waals surface area (Å²) in [5.41, 5.74) is 0.202. The van der Waals surface area contributed by atoms with Gasteiger partial charge in [0.2, 0.25) is 5.91 Å². The minimum atomic E-state index is -0.351. The maximum absolute atomic E-state index is 13.4. The molecule has 2 heterocycles. The van der Waals surface area contributed by atoms with Crippen LogP contribution in [0.3, 0.4) is 0 Å². The average Bonchev–Trinajstić information content (AvgIpc) is 2.35. The van der Waals surface area contributed by atoms with Gasteiger partial charge in [-0.2, -0.15) is 0 Å². The van der Waals surface area contributed by atoms with E-state index in [2.05, 4.69) is 0 Å². The van der Waals surface area contributed by atoms with Crippen LogP contribution in [0.2, 0.25) is 0 Å². The lowest BCUT2D eigenvalue weighted by molar-refractivity contribution is -0.180. The summed E-state index contributed by atoms with van der Waals surface area (Å²) >= 11 is 0. The molecule has 0 atom stereocenters. The molecule has 2 fully saturated rings. The lowest BCUT2D eigenvalue weighted by atomic mass is 9.86. The number of amides is 1. The Labute approximate surface area is 117 Å². The molecule has 0 saturated carbocycles. The van der Waals surface area contributed by atoms with Crippen molar-refractivity contribution in [2.75, 3.05) is 26.3 Å². The Balaban J connectivity index is 1.45. The van der Waals surface area contributed by atoms with Crippen LogP contribution in [0.5, 0.6) is 0 Å². The molecule has 0 N–H and O–H groups in total. The van der Waals surface area contributed by atoms with Crippen molar-refractivity contribution in [3.05, 3.63) is 35.6 Å². The summed E-state index contributed by atoms with van der Waals surface area (Å²) in [6, 6.07) is 6.58. The predicted molar refractivity (Wildman–Crippen MR) is 70.5 cm³/mol. The van der Waals surface area contributed by atoms with E-state index < -0.39 is 0 Å². The van der Waals surface area contributed by atoms with E-state index in [4.69, 9.17) is 9.47 Å². The Morgan fingerprint density at radius 1 is 1.45 bits per heavy atom. The fraction of sp³-hybridized carbons (Fsp3) is 0.533. The molecule has 3 rings (SSSR count). The zero-order valence-electron chi connectivity index (χ0n) is 11.5. The molecule has 0 bridgehead atoms. The molecule has 1 aromatic carbocycles. The molecule has 0 aromatic heterocycles. The fourth-order valence-corrected chi connectivity index (χ4v) is 2.45. The maximum Gasteiger partial charge on any atom is 0.233 e. The number of ether oxygens (including phenoxy) is 2. The first-order chi connectivity index (χ1) is 9.58. The van der Waals surface area contributed by atoms with Crippen molar-refractivity contribution in [3.8, 4) is 0 Å². The summed E-state index contributed by atoms with van der Waals surface area (Å²) in [6.45, 7) is 4.35. The van der Waals surface area contributed by atoms with E-state index in [-0.39, 0.29) is 29.9 Å². The molecule has 1 amide bonds. The molecule has 0 spiro atoms. The molecule has 108 valence electrons. The molecule has 5 heteroatoms. The van der Waals surface area contributed by atoms with E-state index in [9.17, 15) is 9.18 Å². The zero-order valence-corrected chi connectivity index (χ0v) is 11.5. The molecule has 2 aliphatic rings. The first-order valence-electron chi connectivity index (χ1n) is 6.81. The van der Waals surface area contributed by atoms with Gasteiger partial charge < -0.3 is 14.4 Å². The van der Waals surface area contributed by atoms with Crippen molar-refractivity contribution in [2.45, 2.75) is 19.6 Å². The average molecular weight is 279 g/mol. The number of carbonyl (C=O) groups is 1. The van der Waals surface area contributed by atoms with Crippen LogP contribution in [0, 0.1) is 11.2 Å². The quantitative estimate of drug-likeness (QED) is 0.840. The molecular weight excluding hydrogens is 261 g/mol. The minimum absolute atomic E-state index is 0.00292. The van der Waals surface area contributed by atoms with Crippen LogP contribution >= 0.6 is 0 Å². The Hall–Kier alpha value is -1.46. The van der Waals surface area contributed by atoms with Gasteiger partial charge in [0.05, 0.1) is 31.3 Å². The highest BCUT2D eigenvalue weighted by atomic mass is 19.1. The summed E-state index contributed by atoms with van der Waals surface area (Å²) in [6.07, 6.45) is 0.00292. The Bertz CT molecular complexity index is 510. The van der Waals surface area contributed by atoms with Crippen molar-refractivity contribution >= 4 is 5.91 Å². The first kappa shape index (κ1) is 13.5. The van der Waals surface area contributed by atoms with Gasteiger partial charge in [-0.15, -0.1) is 0 Å². The molecule has 4 nitrogen and oxygen atoms in total. The monoisotopic (exact) mass is 279 g/mol. The molecule has 0 radical (unpaired) electrons. The highest BCUT2D eigenvalue weighted by Gasteiger charge is 2.46. The van der Waals surface area contributed by atoms with Crippen molar-refractivity contribution in [1.29, 1.82) is 0 Å². The molecule has 0 aliphatic carbocycles. The van der Waals surface area contributed by atoms with Gasteiger partial charge in [-0.25, -0.2) is 4.39 Å². The number of hydrogen-bond acceptors (Lipinski definition) is 3. The number of benzene rings is 1. The van der Waals surface area contributed by atoms with Crippen LogP contribution in [0.15, 0.2) is 24.3 Å². The standard InChI is InChI=1S/C15H18FNO3/c1-15(9-19-10-15)14(18)17-6-12(7-17)20-8-11-4-2-3-5-13(11)16/h2-5,12H,6-10H2,1H3. The van der Waals surface area contributed by atoms with Crippen LogP contribution in [-0.2, 0) is 20.9 Å². The van der Waals surface area contributed by atoms with Crippen LogP contribution in [0.1, 0.15) is 12.5 Å². The topological polar surface area (TPSA) is 38.8 Å². The van der Waals surface area contributed by atoms with Crippen LogP contribution in [0.25, 0.3) is 0 Å². The second-order valence-corrected chi connectivity index (χ2v) is 5.79. The third-order valence-electron chi connectivity index (χ3n) is 3.93. The third kappa shape index (κ3) is 2.43. The fourth-order valence-electron chi connectivity index (χ4n) is 2.45. The summed E-state index contributed by atoms with van der Waals surface area (Å²) in [4.78, 5) is 13.9. The van der Waals surface area contributed by atoms with E-state index in [1.54, 1.807) is 23.1 Å². The van der Waals surface area contributed by atoms with Crippen molar-refractivity contribution in [2.24, 2.45) is 5.41 Å². The summed E-state index contributed by atoms with van der Waals surface area (Å²) in [7, 11) is 0. The van der Waals surface area contributed by atoms with Gasteiger partial charge in [0.15, 0.2) is 0 Å². The van der Waals surface area contributed by atoms with Gasteiger partial charge in [0, 0.05) is 18.7 Å². The Morgan fingerprint density at radius 3 is 2.75 bits per heavy atom. The van der Waals surface area contributed by atoms with Crippen molar-refractivity contribution in [1.82, 2.24) is 4.90 Å². The summed E-state index contributed by atoms with van der Waals surface area (Å²) in [5.74, 6) is -0.117. The van der Waals surface area contributed by atoms with Gasteiger partial charge in [0.25, 0.3) is 0 Å². The molecule has 20 heavy (non-hydrogen) atoms. The predicted octanol–water partition coefficient (Wildman–Crippen LogP) is 1.59. The van der Waals surface area contributed by atoms with Crippen molar-refractivity contribution in [3.63, 3.8) is 0 Å². The highest BCUT2D eigenvalue weighted by Crippen LogP contribution is 2.31. The summed E-state index contributed by atoms with van der Waals surface area (Å²) in [5, 5.41) is 0. The number of likely N-dealkylation sites (tertiary alicyclic amines) is 1. The van der Waals surface area contributed by atoms with Gasteiger partial charge in [0.1, 0.15) is 5.82 Å². The van der Waals surface area contributed by atoms with E-state index >= 15 is 0 Å². The van der Waals surface area contributed by atoms with Crippen LogP contribution in [0.4, 0.5) is 4.39 Å². The first-order valence-corrected chi connectivity index (χ1v) is 6.81. The molecule has 1 aromatic rings. The van der Waals surface area contributed by atoms with Gasteiger partial charge >= 0.3 is 0 Å². The van der Waals surface area contributed by atoms with Gasteiger partial charge in [-0.05, 0) is 13.0 Å². The van der Waals surface area contributed by atoms with Gasteiger partial charge in [-0.1, -0.05) is 18.2 Å². The molecule has 2 aliphatic heterocycles. The van der Waals surface area contributed by atoms with E-state index in [0.29, 0.717) is 31.9 Å². The largest absolute Gasteiger partial charge is 0.379 e. The van der Waals surface area contributed by atoms with E-state index in [1.165, 1.54) is 6.07 Å². The molecular formula is C15H18FNO3. The smallest absolute Gasteiger partial charge is 0.233 e. The number of hydrogen-bond donors (Lipinski definition) is 0. The number of nitrogens with zero attached hydrogens (tertiary/aromatic N) is 1. The zero-order chi connectivity index (χ0) is 14.2. The summed E-state index contributed by atoms with van der Waals surface area (Å²) < 4.78 is 24.1. The molecule has 0 unspecified atom stereocenters. The van der Waals surface area contributed by atoms with Gasteiger partial charge in [-0.3, -0.25) is 4.79 Å². The van der Waals surface area contributed by atoms with Crippen LogP contribution in [-0.4, -0.2) is 43.2 Å².